The summed E-state index contributed by atoms with van der Waals surface area (Å²) in [7, 11) is 0. The number of nitrogens with one attached hydrogen (secondary N) is 2. The van der Waals surface area contributed by atoms with Gasteiger partial charge >= 0.3 is 6.03 Å². The Morgan fingerprint density at radius 1 is 1.21 bits per heavy atom. The lowest BCUT2D eigenvalue weighted by atomic mass is 9.78. The average Bonchev–Trinajstić information content (AvgIpc) is 2.89. The van der Waals surface area contributed by atoms with Crippen LogP contribution in [0.15, 0.2) is 24.3 Å². The molecular weight excluding hydrogens is 366 g/mol. The molecule has 1 aromatic carbocycles. The second-order valence-corrected chi connectivity index (χ2v) is 9.16. The van der Waals surface area contributed by atoms with Gasteiger partial charge in [0.15, 0.2) is 0 Å². The topological polar surface area (TPSA) is 78.5 Å². The standard InChI is InChI=1S/C23H33N3O3/c1-14(2)17-9-11-18(12-10-17)23(5)21(28)26(22(29)25-23)13-20(27)24-19-8-6-7-15(3)16(19)4/h9-12,14-16,19H,6-8,13H2,1-5H3,(H,24,27)(H,25,29)/t15-,16-,19-,23-/m1/s1. The van der Waals surface area contributed by atoms with Gasteiger partial charge in [-0.1, -0.05) is 64.8 Å². The summed E-state index contributed by atoms with van der Waals surface area (Å²) in [6, 6.07) is 7.29. The van der Waals surface area contributed by atoms with Crippen molar-refractivity contribution in [3.63, 3.8) is 0 Å². The molecule has 0 bridgehead atoms. The molecule has 4 atom stereocenters. The normalized spacial score (nSPS) is 29.9. The number of nitrogens with zero attached hydrogens (tertiary/aromatic N) is 1. The zero-order chi connectivity index (χ0) is 21.3. The number of hydrogen-bond acceptors (Lipinski definition) is 3. The van der Waals surface area contributed by atoms with Crippen molar-refractivity contribution in [2.24, 2.45) is 11.8 Å². The van der Waals surface area contributed by atoms with Crippen LogP contribution in [0, 0.1) is 11.8 Å². The van der Waals surface area contributed by atoms with E-state index < -0.39 is 11.6 Å². The Morgan fingerprint density at radius 2 is 1.86 bits per heavy atom. The van der Waals surface area contributed by atoms with E-state index in [1.165, 1.54) is 12.0 Å². The van der Waals surface area contributed by atoms with Gasteiger partial charge in [0.25, 0.3) is 5.91 Å². The molecule has 1 aliphatic carbocycles. The highest BCUT2D eigenvalue weighted by molar-refractivity contribution is 6.09. The first-order valence-electron chi connectivity index (χ1n) is 10.7. The highest BCUT2D eigenvalue weighted by Crippen LogP contribution is 2.31. The van der Waals surface area contributed by atoms with E-state index in [9.17, 15) is 14.4 Å². The van der Waals surface area contributed by atoms with Crippen LogP contribution in [-0.2, 0) is 15.1 Å². The predicted molar refractivity (Wildman–Crippen MR) is 112 cm³/mol. The van der Waals surface area contributed by atoms with Crippen LogP contribution >= 0.6 is 0 Å². The van der Waals surface area contributed by atoms with Crippen LogP contribution in [0.1, 0.15) is 70.9 Å². The molecule has 1 aromatic rings. The van der Waals surface area contributed by atoms with Crippen molar-refractivity contribution in [2.45, 2.75) is 71.4 Å². The minimum atomic E-state index is -1.15. The number of benzene rings is 1. The number of carbonyl (C=O) groups is 3. The van der Waals surface area contributed by atoms with E-state index in [2.05, 4.69) is 38.3 Å². The zero-order valence-corrected chi connectivity index (χ0v) is 18.1. The molecule has 0 radical (unpaired) electrons. The number of hydrogen-bond donors (Lipinski definition) is 2. The fraction of sp³-hybridized carbons (Fsp3) is 0.609. The number of rotatable bonds is 5. The fourth-order valence-electron chi connectivity index (χ4n) is 4.42. The molecule has 1 heterocycles. The molecular formula is C23H33N3O3. The Hall–Kier alpha value is -2.37. The Bertz CT molecular complexity index is 789. The van der Waals surface area contributed by atoms with Gasteiger partial charge in [0.05, 0.1) is 0 Å². The largest absolute Gasteiger partial charge is 0.352 e. The van der Waals surface area contributed by atoms with Crippen molar-refractivity contribution in [3.05, 3.63) is 35.4 Å². The maximum atomic E-state index is 13.1. The van der Waals surface area contributed by atoms with E-state index in [1.54, 1.807) is 6.92 Å². The molecule has 4 amide bonds. The molecule has 0 aromatic heterocycles. The van der Waals surface area contributed by atoms with Gasteiger partial charge in [0.1, 0.15) is 12.1 Å². The maximum Gasteiger partial charge on any atom is 0.325 e. The molecule has 1 saturated heterocycles. The third-order valence-electron chi connectivity index (χ3n) is 6.78. The van der Waals surface area contributed by atoms with Crippen molar-refractivity contribution in [1.29, 1.82) is 0 Å². The van der Waals surface area contributed by atoms with Gasteiger partial charge in [-0.15, -0.1) is 0 Å². The van der Waals surface area contributed by atoms with Gasteiger partial charge in [-0.05, 0) is 42.2 Å². The molecule has 0 unspecified atom stereocenters. The summed E-state index contributed by atoms with van der Waals surface area (Å²) >= 11 is 0. The lowest BCUT2D eigenvalue weighted by Gasteiger charge is -2.34. The van der Waals surface area contributed by atoms with Crippen molar-refractivity contribution in [1.82, 2.24) is 15.5 Å². The summed E-state index contributed by atoms with van der Waals surface area (Å²) in [5.74, 6) is 0.665. The first-order chi connectivity index (χ1) is 13.6. The third kappa shape index (κ3) is 4.16. The highest BCUT2D eigenvalue weighted by atomic mass is 16.2. The molecule has 0 spiro atoms. The van der Waals surface area contributed by atoms with Crippen LogP contribution < -0.4 is 10.6 Å². The summed E-state index contributed by atoms with van der Waals surface area (Å²) in [5, 5.41) is 5.82. The Kier molecular flexibility index (Phi) is 6.01. The quantitative estimate of drug-likeness (QED) is 0.744. The van der Waals surface area contributed by atoms with Crippen molar-refractivity contribution in [3.8, 4) is 0 Å². The number of imide groups is 1. The average molecular weight is 400 g/mol. The molecule has 1 saturated carbocycles. The van der Waals surface area contributed by atoms with Crippen LogP contribution in [0.3, 0.4) is 0 Å². The van der Waals surface area contributed by atoms with Crippen LogP contribution in [0.25, 0.3) is 0 Å². The van der Waals surface area contributed by atoms with Crippen molar-refractivity contribution >= 4 is 17.8 Å². The summed E-state index contributed by atoms with van der Waals surface area (Å²) in [6.07, 6.45) is 3.20. The summed E-state index contributed by atoms with van der Waals surface area (Å²) in [5.41, 5.74) is 0.735. The first kappa shape index (κ1) is 21.3. The zero-order valence-electron chi connectivity index (χ0n) is 18.1. The molecule has 2 aliphatic rings. The highest BCUT2D eigenvalue weighted by Gasteiger charge is 2.49. The molecule has 29 heavy (non-hydrogen) atoms. The fourth-order valence-corrected chi connectivity index (χ4v) is 4.42. The predicted octanol–water partition coefficient (Wildman–Crippen LogP) is 3.52. The molecule has 158 valence electrons. The van der Waals surface area contributed by atoms with Crippen molar-refractivity contribution < 1.29 is 14.4 Å². The first-order valence-corrected chi connectivity index (χ1v) is 10.7. The molecule has 2 fully saturated rings. The maximum absolute atomic E-state index is 13.1. The molecule has 6 nitrogen and oxygen atoms in total. The van der Waals surface area contributed by atoms with Gasteiger partial charge in [0.2, 0.25) is 5.91 Å². The number of carbonyl (C=O) groups excluding carboxylic acids is 3. The van der Waals surface area contributed by atoms with E-state index in [0.29, 0.717) is 17.8 Å². The summed E-state index contributed by atoms with van der Waals surface area (Å²) < 4.78 is 0. The second-order valence-electron chi connectivity index (χ2n) is 9.16. The van der Waals surface area contributed by atoms with Crippen LogP contribution in [-0.4, -0.2) is 35.3 Å². The number of urea groups is 1. The molecule has 1 aliphatic heterocycles. The Balaban J connectivity index is 1.69. The number of amides is 4. The van der Waals surface area contributed by atoms with E-state index >= 15 is 0 Å². The van der Waals surface area contributed by atoms with E-state index in [1.807, 2.05) is 24.3 Å². The second kappa shape index (κ2) is 8.17. The Morgan fingerprint density at radius 3 is 2.48 bits per heavy atom. The van der Waals surface area contributed by atoms with E-state index in [0.717, 1.165) is 23.3 Å². The molecule has 2 N–H and O–H groups in total. The van der Waals surface area contributed by atoms with Crippen molar-refractivity contribution in [2.75, 3.05) is 6.54 Å². The van der Waals surface area contributed by atoms with Crippen LogP contribution in [0.5, 0.6) is 0 Å². The van der Waals surface area contributed by atoms with Gasteiger partial charge < -0.3 is 10.6 Å². The molecule has 6 heteroatoms. The van der Waals surface area contributed by atoms with E-state index in [4.69, 9.17) is 0 Å². The summed E-state index contributed by atoms with van der Waals surface area (Å²) in [6.45, 7) is 10.0. The van der Waals surface area contributed by atoms with Gasteiger partial charge in [0, 0.05) is 6.04 Å². The summed E-state index contributed by atoms with van der Waals surface area (Å²) in [4.78, 5) is 39.2. The lowest BCUT2D eigenvalue weighted by Crippen LogP contribution is -2.48. The van der Waals surface area contributed by atoms with Gasteiger partial charge in [-0.2, -0.15) is 0 Å². The lowest BCUT2D eigenvalue weighted by molar-refractivity contribution is -0.135. The Labute approximate surface area is 173 Å². The minimum Gasteiger partial charge on any atom is -0.352 e. The smallest absolute Gasteiger partial charge is 0.325 e. The van der Waals surface area contributed by atoms with Crippen LogP contribution in [0.2, 0.25) is 0 Å². The van der Waals surface area contributed by atoms with E-state index in [-0.39, 0.29) is 24.4 Å². The SMILES string of the molecule is CC(C)c1ccc([C@@]2(C)NC(=O)N(CC(=O)N[C@@H]3CCC[C@@H](C)[C@H]3C)C2=O)cc1. The van der Waals surface area contributed by atoms with Crippen LogP contribution in [0.4, 0.5) is 4.79 Å². The minimum absolute atomic E-state index is 0.0991. The van der Waals surface area contributed by atoms with Gasteiger partial charge in [-0.3, -0.25) is 14.5 Å². The van der Waals surface area contributed by atoms with Gasteiger partial charge in [-0.25, -0.2) is 4.79 Å². The third-order valence-corrected chi connectivity index (χ3v) is 6.78. The monoisotopic (exact) mass is 399 g/mol. The molecule has 3 rings (SSSR count).